The van der Waals surface area contributed by atoms with Crippen LogP contribution >= 0.6 is 0 Å². The van der Waals surface area contributed by atoms with Crippen molar-refractivity contribution in [2.75, 3.05) is 17.1 Å². The number of anilines is 3. The van der Waals surface area contributed by atoms with Gasteiger partial charge in [0.15, 0.2) is 0 Å². The van der Waals surface area contributed by atoms with E-state index in [0.29, 0.717) is 17.8 Å². The van der Waals surface area contributed by atoms with E-state index in [1.165, 1.54) is 19.4 Å². The molecule has 1 heterocycles. The second-order valence-corrected chi connectivity index (χ2v) is 9.40. The lowest BCUT2D eigenvalue weighted by molar-refractivity contribution is 0.402. The molecule has 0 radical (unpaired) electrons. The van der Waals surface area contributed by atoms with Crippen LogP contribution in [0.15, 0.2) is 88.7 Å². The Balaban J connectivity index is 1.74. The number of rotatable bonds is 8. The molecule has 2 N–H and O–H groups in total. The third-order valence-electron chi connectivity index (χ3n) is 5.22. The molecule has 35 heavy (non-hydrogen) atoms. The Labute approximate surface area is 202 Å². The van der Waals surface area contributed by atoms with Crippen LogP contribution in [0.25, 0.3) is 0 Å². The number of methoxy groups -OCH3 is 1. The van der Waals surface area contributed by atoms with Gasteiger partial charge in [-0.2, -0.15) is 4.98 Å². The van der Waals surface area contributed by atoms with Crippen LogP contribution in [0.5, 0.6) is 5.75 Å². The van der Waals surface area contributed by atoms with Crippen LogP contribution in [0, 0.1) is 12.7 Å². The summed E-state index contributed by atoms with van der Waals surface area (Å²) >= 11 is 0. The number of sulfonamides is 1. The fraction of sp³-hybridized carbons (Fsp3) is 0.120. The molecule has 180 valence electrons. The highest BCUT2D eigenvalue weighted by atomic mass is 32.2. The summed E-state index contributed by atoms with van der Waals surface area (Å²) in [4.78, 5) is 15.9. The topological polar surface area (TPSA) is 102 Å². The van der Waals surface area contributed by atoms with Crippen molar-refractivity contribution in [3.8, 4) is 5.75 Å². The number of hydrogen-bond acceptors (Lipinski definition) is 6. The molecule has 0 unspecified atom stereocenters. The molecule has 0 bridgehead atoms. The average molecular weight is 495 g/mol. The average Bonchev–Trinajstić information content (AvgIpc) is 2.83. The number of ether oxygens (including phenoxy) is 1. The van der Waals surface area contributed by atoms with E-state index < -0.39 is 26.3 Å². The van der Waals surface area contributed by atoms with Gasteiger partial charge in [0.2, 0.25) is 11.7 Å². The fourth-order valence-electron chi connectivity index (χ4n) is 3.44. The van der Waals surface area contributed by atoms with Crippen molar-refractivity contribution in [3.05, 3.63) is 106 Å². The van der Waals surface area contributed by atoms with Crippen LogP contribution in [0.4, 0.5) is 21.7 Å². The Bertz CT molecular complexity index is 1510. The normalized spacial score (nSPS) is 11.2. The quantitative estimate of drug-likeness (QED) is 0.379. The van der Waals surface area contributed by atoms with E-state index >= 15 is 0 Å². The molecule has 10 heteroatoms. The van der Waals surface area contributed by atoms with Crippen molar-refractivity contribution in [1.29, 1.82) is 0 Å². The smallest absolute Gasteiger partial charge is 0.316 e. The van der Waals surface area contributed by atoms with Crippen molar-refractivity contribution >= 4 is 27.3 Å². The molecule has 0 spiro atoms. The predicted octanol–water partition coefficient (Wildman–Crippen LogP) is 4.29. The van der Waals surface area contributed by atoms with Gasteiger partial charge < -0.3 is 14.6 Å². The highest BCUT2D eigenvalue weighted by molar-refractivity contribution is 7.92. The molecule has 0 aliphatic heterocycles. The zero-order chi connectivity index (χ0) is 25.0. The minimum Gasteiger partial charge on any atom is -0.490 e. The number of nitrogens with zero attached hydrogens (tertiary/aromatic N) is 2. The first-order valence-electron chi connectivity index (χ1n) is 10.6. The molecule has 0 saturated carbocycles. The van der Waals surface area contributed by atoms with Crippen LogP contribution < -0.4 is 20.3 Å². The molecule has 4 aromatic rings. The van der Waals surface area contributed by atoms with Gasteiger partial charge in [-0.05, 0) is 42.3 Å². The first kappa shape index (κ1) is 24.0. The number of aromatic nitrogens is 2. The van der Waals surface area contributed by atoms with Crippen molar-refractivity contribution in [3.63, 3.8) is 0 Å². The number of aryl methyl sites for hydroxylation is 1. The summed E-state index contributed by atoms with van der Waals surface area (Å²) in [6.45, 7) is 1.98. The van der Waals surface area contributed by atoms with E-state index in [1.807, 2.05) is 30.3 Å². The van der Waals surface area contributed by atoms with Gasteiger partial charge in [0.1, 0.15) is 10.7 Å². The van der Waals surface area contributed by atoms with E-state index in [2.05, 4.69) is 15.0 Å². The second-order valence-electron chi connectivity index (χ2n) is 7.75. The molecule has 8 nitrogen and oxygen atoms in total. The highest BCUT2D eigenvalue weighted by Gasteiger charge is 2.22. The lowest BCUT2D eigenvalue weighted by Gasteiger charge is -2.17. The van der Waals surface area contributed by atoms with Gasteiger partial charge in [0.25, 0.3) is 10.0 Å². The van der Waals surface area contributed by atoms with Crippen LogP contribution in [0.2, 0.25) is 0 Å². The van der Waals surface area contributed by atoms with Crippen LogP contribution in [-0.4, -0.2) is 25.1 Å². The van der Waals surface area contributed by atoms with E-state index in [-0.39, 0.29) is 17.4 Å². The standard InChI is InChI=1S/C25H23FN4O4S/c1-17-13-20(26)23(35(32,33)29-19-11-7-4-8-12-19)14-21(17)27-25-28-24(31)22(34-2)16-30(25)15-18-9-5-3-6-10-18/h3-14,16,29H,15H2,1-2H3,(H,27,28,31). The van der Waals surface area contributed by atoms with Crippen LogP contribution in [0.3, 0.4) is 0 Å². The molecule has 4 rings (SSSR count). The SMILES string of the molecule is COc1cn(Cc2ccccc2)c(Nc2cc(S(=O)(=O)Nc3ccccc3)c(F)cc2C)nc1=O. The summed E-state index contributed by atoms with van der Waals surface area (Å²) < 4.78 is 49.8. The van der Waals surface area contributed by atoms with E-state index in [0.717, 1.165) is 11.6 Å². The van der Waals surface area contributed by atoms with Gasteiger partial charge in [-0.3, -0.25) is 9.52 Å². The minimum absolute atomic E-state index is 0.0534. The molecule has 0 aliphatic carbocycles. The van der Waals surface area contributed by atoms with Crippen molar-refractivity contribution < 1.29 is 17.5 Å². The molecule has 0 saturated heterocycles. The third kappa shape index (κ3) is 5.49. The maximum absolute atomic E-state index is 14.8. The third-order valence-corrected chi connectivity index (χ3v) is 6.62. The Morgan fingerprint density at radius 2 is 1.69 bits per heavy atom. The minimum atomic E-state index is -4.23. The van der Waals surface area contributed by atoms with Gasteiger partial charge in [-0.25, -0.2) is 12.8 Å². The first-order valence-corrected chi connectivity index (χ1v) is 12.1. The summed E-state index contributed by atoms with van der Waals surface area (Å²) in [5.41, 5.74) is 1.35. The maximum atomic E-state index is 14.8. The second kappa shape index (κ2) is 9.98. The van der Waals surface area contributed by atoms with E-state index in [9.17, 15) is 17.6 Å². The Kier molecular flexibility index (Phi) is 6.83. The number of para-hydroxylation sites is 1. The molecule has 0 amide bonds. The van der Waals surface area contributed by atoms with Crippen LogP contribution in [0.1, 0.15) is 11.1 Å². The molecule has 0 aliphatic rings. The molecule has 0 atom stereocenters. The van der Waals surface area contributed by atoms with Crippen LogP contribution in [-0.2, 0) is 16.6 Å². The first-order chi connectivity index (χ1) is 16.8. The summed E-state index contributed by atoms with van der Waals surface area (Å²) in [5, 5.41) is 2.99. The van der Waals surface area contributed by atoms with Crippen molar-refractivity contribution in [2.45, 2.75) is 18.4 Å². The van der Waals surface area contributed by atoms with Gasteiger partial charge in [0, 0.05) is 11.4 Å². The fourth-order valence-corrected chi connectivity index (χ4v) is 4.59. The van der Waals surface area contributed by atoms with Gasteiger partial charge in [-0.15, -0.1) is 0 Å². The summed E-state index contributed by atoms with van der Waals surface area (Å²) in [7, 11) is -2.85. The largest absolute Gasteiger partial charge is 0.490 e. The van der Waals surface area contributed by atoms with Gasteiger partial charge in [-0.1, -0.05) is 48.5 Å². The van der Waals surface area contributed by atoms with E-state index in [4.69, 9.17) is 4.74 Å². The molecule has 1 aromatic heterocycles. The Morgan fingerprint density at radius 3 is 2.34 bits per heavy atom. The number of halogens is 1. The molecular weight excluding hydrogens is 471 g/mol. The van der Waals surface area contributed by atoms with Gasteiger partial charge >= 0.3 is 5.56 Å². The predicted molar refractivity (Wildman–Crippen MR) is 132 cm³/mol. The molecule has 0 fully saturated rings. The number of benzene rings is 3. The van der Waals surface area contributed by atoms with Crippen molar-refractivity contribution in [2.24, 2.45) is 0 Å². The maximum Gasteiger partial charge on any atom is 0.316 e. The van der Waals surface area contributed by atoms with E-state index in [1.54, 1.807) is 41.8 Å². The highest BCUT2D eigenvalue weighted by Crippen LogP contribution is 2.28. The summed E-state index contributed by atoms with van der Waals surface area (Å²) in [6.07, 6.45) is 1.51. The summed E-state index contributed by atoms with van der Waals surface area (Å²) in [6, 6.07) is 20.0. The lowest BCUT2D eigenvalue weighted by Crippen LogP contribution is -2.19. The monoisotopic (exact) mass is 494 g/mol. The summed E-state index contributed by atoms with van der Waals surface area (Å²) in [5.74, 6) is -0.702. The zero-order valence-corrected chi connectivity index (χ0v) is 19.8. The lowest BCUT2D eigenvalue weighted by atomic mass is 10.2. The van der Waals surface area contributed by atoms with Crippen molar-refractivity contribution in [1.82, 2.24) is 9.55 Å². The molecule has 3 aromatic carbocycles. The number of hydrogen-bond donors (Lipinski definition) is 2. The zero-order valence-electron chi connectivity index (χ0n) is 19.0. The number of nitrogens with one attached hydrogen (secondary N) is 2. The Morgan fingerprint density at radius 1 is 1.03 bits per heavy atom. The van der Waals surface area contributed by atoms with Gasteiger partial charge in [0.05, 0.1) is 19.9 Å². The Hall–Kier alpha value is -4.18. The molecular formula is C25H23FN4O4S.